The van der Waals surface area contributed by atoms with E-state index < -0.39 is 4.92 Å². The number of hydrazone groups is 1. The van der Waals surface area contributed by atoms with E-state index in [2.05, 4.69) is 10.5 Å². The summed E-state index contributed by atoms with van der Waals surface area (Å²) in [6, 6.07) is 16.5. The second-order valence-corrected chi connectivity index (χ2v) is 6.44. The van der Waals surface area contributed by atoms with Crippen molar-refractivity contribution in [3.8, 4) is 11.3 Å². The number of benzene rings is 2. The molecule has 3 aromatic rings. The molecular weight excluding hydrogens is 386 g/mol. The Morgan fingerprint density at radius 1 is 1.13 bits per heavy atom. The second-order valence-electron chi connectivity index (χ2n) is 6.44. The third kappa shape index (κ3) is 5.54. The monoisotopic (exact) mass is 407 g/mol. The number of esters is 1. The smallest absolute Gasteiger partial charge is 0.338 e. The number of ether oxygens (including phenoxy) is 1. The summed E-state index contributed by atoms with van der Waals surface area (Å²) in [6.07, 6.45) is 3.32. The van der Waals surface area contributed by atoms with Crippen LogP contribution in [0, 0.1) is 10.1 Å². The van der Waals surface area contributed by atoms with Crippen molar-refractivity contribution in [1.29, 1.82) is 0 Å². The number of hydrogen-bond donors (Lipinski definition) is 1. The quantitative estimate of drug-likeness (QED) is 0.170. The number of nitro benzene ring substituents is 1. The molecule has 0 amide bonds. The van der Waals surface area contributed by atoms with Crippen molar-refractivity contribution in [2.24, 2.45) is 5.10 Å². The fourth-order valence-electron chi connectivity index (χ4n) is 2.57. The molecule has 1 heterocycles. The first-order chi connectivity index (χ1) is 14.6. The molecule has 3 rings (SSSR count). The molecule has 30 heavy (non-hydrogen) atoms. The number of carbonyl (C=O) groups is 1. The van der Waals surface area contributed by atoms with Gasteiger partial charge in [-0.05, 0) is 42.8 Å². The van der Waals surface area contributed by atoms with E-state index in [1.54, 1.807) is 42.5 Å². The molecule has 0 aliphatic carbocycles. The Bertz CT molecular complexity index is 1020. The SMILES string of the molecule is CCCCOC(=O)c1ccc(-c2ccc(/C=N\Nc3ccc([N+](=O)[O-])cc3)o2)cc1. The van der Waals surface area contributed by atoms with Gasteiger partial charge in [-0.15, -0.1) is 0 Å². The normalized spacial score (nSPS) is 10.8. The molecule has 0 aliphatic rings. The van der Waals surface area contributed by atoms with E-state index >= 15 is 0 Å². The zero-order chi connectivity index (χ0) is 21.3. The highest BCUT2D eigenvalue weighted by atomic mass is 16.6. The minimum atomic E-state index is -0.459. The van der Waals surface area contributed by atoms with Gasteiger partial charge in [0.1, 0.15) is 11.5 Å². The number of rotatable bonds is 9. The highest BCUT2D eigenvalue weighted by Gasteiger charge is 2.09. The van der Waals surface area contributed by atoms with Gasteiger partial charge in [0.05, 0.1) is 29.0 Å². The average Bonchev–Trinajstić information content (AvgIpc) is 3.23. The maximum atomic E-state index is 12.0. The van der Waals surface area contributed by atoms with Crippen LogP contribution in [0.3, 0.4) is 0 Å². The topological polar surface area (TPSA) is 107 Å². The molecule has 0 spiro atoms. The van der Waals surface area contributed by atoms with Gasteiger partial charge >= 0.3 is 5.97 Å². The van der Waals surface area contributed by atoms with Crippen molar-refractivity contribution in [3.63, 3.8) is 0 Å². The second kappa shape index (κ2) is 10.0. The number of nitrogens with one attached hydrogen (secondary N) is 1. The summed E-state index contributed by atoms with van der Waals surface area (Å²) in [4.78, 5) is 22.2. The van der Waals surface area contributed by atoms with E-state index in [0.717, 1.165) is 18.4 Å². The summed E-state index contributed by atoms with van der Waals surface area (Å²) in [7, 11) is 0. The van der Waals surface area contributed by atoms with Crippen molar-refractivity contribution in [2.45, 2.75) is 19.8 Å². The summed E-state index contributed by atoms with van der Waals surface area (Å²) in [6.45, 7) is 2.46. The molecule has 0 fully saturated rings. The molecule has 1 N–H and O–H groups in total. The predicted octanol–water partition coefficient (Wildman–Crippen LogP) is 5.26. The van der Waals surface area contributed by atoms with E-state index in [4.69, 9.17) is 9.15 Å². The molecule has 0 atom stereocenters. The lowest BCUT2D eigenvalue weighted by molar-refractivity contribution is -0.384. The minimum Gasteiger partial charge on any atom is -0.462 e. The van der Waals surface area contributed by atoms with E-state index in [1.165, 1.54) is 18.3 Å². The fraction of sp³-hybridized carbons (Fsp3) is 0.182. The predicted molar refractivity (Wildman–Crippen MR) is 114 cm³/mol. The van der Waals surface area contributed by atoms with Gasteiger partial charge in [-0.25, -0.2) is 4.79 Å². The van der Waals surface area contributed by atoms with Gasteiger partial charge in [0.25, 0.3) is 5.69 Å². The number of furan rings is 1. The average molecular weight is 407 g/mol. The first-order valence-electron chi connectivity index (χ1n) is 9.47. The number of carbonyl (C=O) groups excluding carboxylic acids is 1. The molecule has 0 saturated carbocycles. The van der Waals surface area contributed by atoms with Crippen molar-refractivity contribution in [1.82, 2.24) is 0 Å². The summed E-state index contributed by atoms with van der Waals surface area (Å²) in [5.41, 5.74) is 4.73. The molecule has 8 heteroatoms. The molecule has 0 bridgehead atoms. The lowest BCUT2D eigenvalue weighted by atomic mass is 10.1. The Balaban J connectivity index is 1.58. The van der Waals surface area contributed by atoms with Crippen molar-refractivity contribution in [2.75, 3.05) is 12.0 Å². The van der Waals surface area contributed by atoms with E-state index in [0.29, 0.717) is 29.4 Å². The Morgan fingerprint density at radius 3 is 2.53 bits per heavy atom. The Labute approximate surface area is 173 Å². The van der Waals surface area contributed by atoms with Crippen LogP contribution in [0.25, 0.3) is 11.3 Å². The van der Waals surface area contributed by atoms with E-state index in [-0.39, 0.29) is 11.7 Å². The van der Waals surface area contributed by atoms with Crippen LogP contribution in [0.15, 0.2) is 70.2 Å². The first kappa shape index (κ1) is 20.8. The maximum Gasteiger partial charge on any atom is 0.338 e. The van der Waals surface area contributed by atoms with Crippen LogP contribution in [-0.2, 0) is 4.74 Å². The zero-order valence-electron chi connectivity index (χ0n) is 16.4. The summed E-state index contributed by atoms with van der Waals surface area (Å²) < 4.78 is 10.9. The molecule has 8 nitrogen and oxygen atoms in total. The summed E-state index contributed by atoms with van der Waals surface area (Å²) in [5, 5.41) is 14.7. The standard InChI is InChI=1S/C22H21N3O5/c1-2-3-14-29-22(26)17-6-4-16(5-7-17)21-13-12-20(30-21)15-23-24-18-8-10-19(11-9-18)25(27)28/h4-13,15,24H,2-3,14H2,1H3/b23-15-. The maximum absolute atomic E-state index is 12.0. The Morgan fingerprint density at radius 2 is 1.87 bits per heavy atom. The fourth-order valence-corrected chi connectivity index (χ4v) is 2.57. The first-order valence-corrected chi connectivity index (χ1v) is 9.47. The van der Waals surface area contributed by atoms with Crippen LogP contribution in [0.5, 0.6) is 0 Å². The number of nitro groups is 1. The molecule has 154 valence electrons. The van der Waals surface area contributed by atoms with Gasteiger partial charge < -0.3 is 9.15 Å². The number of anilines is 1. The zero-order valence-corrected chi connectivity index (χ0v) is 16.4. The van der Waals surface area contributed by atoms with Gasteiger partial charge in [-0.1, -0.05) is 25.5 Å². The minimum absolute atomic E-state index is 0.0143. The van der Waals surface area contributed by atoms with E-state index in [1.807, 2.05) is 13.0 Å². The van der Waals surface area contributed by atoms with Crippen molar-refractivity contribution in [3.05, 3.63) is 82.1 Å². The molecule has 0 aliphatic heterocycles. The highest BCUT2D eigenvalue weighted by molar-refractivity contribution is 5.90. The van der Waals surface area contributed by atoms with Crippen LogP contribution in [0.1, 0.15) is 35.9 Å². The summed E-state index contributed by atoms with van der Waals surface area (Å²) >= 11 is 0. The molecule has 1 aromatic heterocycles. The van der Waals surface area contributed by atoms with Crippen LogP contribution in [-0.4, -0.2) is 23.7 Å². The van der Waals surface area contributed by atoms with Gasteiger partial charge in [-0.2, -0.15) is 5.10 Å². The lowest BCUT2D eigenvalue weighted by Gasteiger charge is -2.04. The van der Waals surface area contributed by atoms with Gasteiger partial charge in [0, 0.05) is 17.7 Å². The van der Waals surface area contributed by atoms with Gasteiger partial charge in [0.2, 0.25) is 0 Å². The van der Waals surface area contributed by atoms with Crippen LogP contribution in [0.2, 0.25) is 0 Å². The molecule has 2 aromatic carbocycles. The van der Waals surface area contributed by atoms with Gasteiger partial charge in [0.15, 0.2) is 0 Å². The van der Waals surface area contributed by atoms with Crippen LogP contribution in [0.4, 0.5) is 11.4 Å². The largest absolute Gasteiger partial charge is 0.462 e. The van der Waals surface area contributed by atoms with Gasteiger partial charge in [-0.3, -0.25) is 15.5 Å². The third-order valence-corrected chi connectivity index (χ3v) is 4.23. The van der Waals surface area contributed by atoms with E-state index in [9.17, 15) is 14.9 Å². The number of non-ortho nitro benzene ring substituents is 1. The lowest BCUT2D eigenvalue weighted by Crippen LogP contribution is -2.05. The molecular formula is C22H21N3O5. The molecule has 0 saturated heterocycles. The highest BCUT2D eigenvalue weighted by Crippen LogP contribution is 2.22. The number of nitrogens with zero attached hydrogens (tertiary/aromatic N) is 2. The van der Waals surface area contributed by atoms with Crippen LogP contribution >= 0.6 is 0 Å². The van der Waals surface area contributed by atoms with Crippen molar-refractivity contribution >= 4 is 23.6 Å². The molecule has 0 radical (unpaired) electrons. The van der Waals surface area contributed by atoms with Crippen LogP contribution < -0.4 is 5.43 Å². The third-order valence-electron chi connectivity index (χ3n) is 4.23. The number of unbranched alkanes of at least 4 members (excludes halogenated alkanes) is 1. The Hall–Kier alpha value is -3.94. The summed E-state index contributed by atoms with van der Waals surface area (Å²) in [5.74, 6) is 0.833. The van der Waals surface area contributed by atoms with Crippen molar-refractivity contribution < 1.29 is 18.9 Å². The number of hydrogen-bond acceptors (Lipinski definition) is 7. The Kier molecular flexibility index (Phi) is 6.94. The molecule has 0 unspecified atom stereocenters.